The summed E-state index contributed by atoms with van der Waals surface area (Å²) in [5.41, 5.74) is 2.26. The molecule has 0 saturated carbocycles. The third-order valence-electron chi connectivity index (χ3n) is 16.5. The highest BCUT2D eigenvalue weighted by Gasteiger charge is 2.59. The number of carboxylic acids is 1. The third kappa shape index (κ3) is 21.1. The molecule has 0 aliphatic carbocycles. The molecular weight excluding hydrogens is 1050 g/mol. The minimum atomic E-state index is -2.04. The molecule has 16 nitrogen and oxygen atoms in total. The first-order valence-corrected chi connectivity index (χ1v) is 32.3. The molecule has 0 amide bonds. The molecule has 454 valence electrons. The van der Waals surface area contributed by atoms with Gasteiger partial charge in [0.2, 0.25) is 5.79 Å². The molecule has 3 aliphatic rings. The van der Waals surface area contributed by atoms with Crippen molar-refractivity contribution < 1.29 is 76.4 Å². The van der Waals surface area contributed by atoms with E-state index in [0.29, 0.717) is 57.1 Å². The third-order valence-corrected chi connectivity index (χ3v) is 21.2. The Balaban J connectivity index is 1.38. The monoisotopic (exact) mass is 1150 g/mol. The maximum Gasteiger partial charge on any atom is 0.330 e. The molecule has 2 aromatic rings. The molecule has 2 aromatic carbocycles. The molecule has 3 heterocycles. The summed E-state index contributed by atoms with van der Waals surface area (Å²) in [5.74, 6) is -3.02. The fourth-order valence-electron chi connectivity index (χ4n) is 11.5. The lowest BCUT2D eigenvalue weighted by atomic mass is 9.73. The van der Waals surface area contributed by atoms with Crippen molar-refractivity contribution in [2.75, 3.05) is 28.1 Å². The number of methoxy groups -OCH3 is 3. The average Bonchev–Trinajstić information content (AvgIpc) is 2.76. The van der Waals surface area contributed by atoms with Crippen LogP contribution in [-0.4, -0.2) is 131 Å². The first-order valence-electron chi connectivity index (χ1n) is 29.8. The molecule has 0 spiro atoms. The second-order valence-electron chi connectivity index (χ2n) is 22.9. The number of carbonyl (C=O) groups excluding carboxylic acids is 2. The number of unbranched alkanes of at least 4 members (excludes halogenated alkanes) is 4. The van der Waals surface area contributed by atoms with Crippen LogP contribution in [0.1, 0.15) is 156 Å². The van der Waals surface area contributed by atoms with Crippen LogP contribution >= 0.6 is 0 Å². The van der Waals surface area contributed by atoms with Gasteiger partial charge in [-0.3, -0.25) is 9.59 Å². The largest absolute Gasteiger partial charge is 0.497 e. The highest BCUT2D eigenvalue weighted by atomic mass is 28.4. The number of esters is 2. The molecule has 0 radical (unpaired) electrons. The molecule has 3 aliphatic heterocycles. The molecule has 17 heteroatoms. The summed E-state index contributed by atoms with van der Waals surface area (Å²) in [6.07, 6.45) is 8.13. The van der Waals surface area contributed by atoms with Gasteiger partial charge in [0.1, 0.15) is 12.5 Å². The number of hydrogen-bond acceptors (Lipinski definition) is 15. The zero-order valence-electron chi connectivity index (χ0n) is 50.4. The van der Waals surface area contributed by atoms with Gasteiger partial charge < -0.3 is 62.0 Å². The van der Waals surface area contributed by atoms with Gasteiger partial charge in [-0.1, -0.05) is 134 Å². The van der Waals surface area contributed by atoms with Gasteiger partial charge in [-0.2, -0.15) is 0 Å². The van der Waals surface area contributed by atoms with Crippen LogP contribution in [0.2, 0.25) is 18.1 Å². The van der Waals surface area contributed by atoms with Crippen molar-refractivity contribution in [2.24, 2.45) is 5.41 Å². The molecule has 3 fully saturated rings. The predicted molar refractivity (Wildman–Crippen MR) is 313 cm³/mol. The fraction of sp³-hybridized carbons (Fsp3) is 0.672. The van der Waals surface area contributed by atoms with Gasteiger partial charge in [0.25, 0.3) is 0 Å². The Morgan fingerprint density at radius 2 is 1.52 bits per heavy atom. The molecule has 11 atom stereocenters. The van der Waals surface area contributed by atoms with E-state index in [0.717, 1.165) is 66.3 Å². The van der Waals surface area contributed by atoms with Gasteiger partial charge in [0, 0.05) is 50.4 Å². The van der Waals surface area contributed by atoms with Gasteiger partial charge in [-0.25, -0.2) is 4.79 Å². The summed E-state index contributed by atoms with van der Waals surface area (Å²) in [6, 6.07) is 20.3. The maximum absolute atomic E-state index is 13.9. The van der Waals surface area contributed by atoms with Gasteiger partial charge in [-0.15, -0.1) is 0 Å². The topological polar surface area (TPSA) is 193 Å². The minimum Gasteiger partial charge on any atom is -0.497 e. The van der Waals surface area contributed by atoms with E-state index in [4.69, 9.17) is 51.8 Å². The van der Waals surface area contributed by atoms with E-state index >= 15 is 0 Å². The zero-order valence-corrected chi connectivity index (χ0v) is 51.4. The van der Waals surface area contributed by atoms with Gasteiger partial charge in [0.05, 0.1) is 82.7 Å². The quantitative estimate of drug-likeness (QED) is 0.0165. The SMILES string of the molecule is C=C1C[C@@H](C[C@H]2C[C@@H](O[Si](CC)(CC)CC)C[C@@H](C[C@H](CC(=O)O)OCc3ccc(OC)cc3)O2)O[C@@H](/C=C/C(C)(C)[C@]2(OC)O[C@H](C[C@@H](O)[C@@H](C)OCOCc3ccccc3)C/C(=C\C(=O)OC)[C@@H]2OC(=O)CCCCCCC)C1. The number of hydrogen-bond donors (Lipinski definition) is 2. The molecule has 0 unspecified atom stereocenters. The lowest BCUT2D eigenvalue weighted by Crippen LogP contribution is -2.63. The van der Waals surface area contributed by atoms with Crippen molar-refractivity contribution in [2.45, 2.75) is 243 Å². The Bertz CT molecular complexity index is 2260. The number of carboxylic acid groups (broad SMARTS) is 1. The van der Waals surface area contributed by atoms with Crippen molar-refractivity contribution in [1.82, 2.24) is 0 Å². The second kappa shape index (κ2) is 33.9. The summed E-state index contributed by atoms with van der Waals surface area (Å²) in [5, 5.41) is 21.6. The number of benzene rings is 2. The van der Waals surface area contributed by atoms with Crippen LogP contribution in [0.5, 0.6) is 5.75 Å². The average molecular weight is 1150 g/mol. The van der Waals surface area contributed by atoms with E-state index in [9.17, 15) is 24.6 Å². The zero-order chi connectivity index (χ0) is 59.0. The van der Waals surface area contributed by atoms with Crippen molar-refractivity contribution in [3.63, 3.8) is 0 Å². The first-order chi connectivity index (χ1) is 38.8. The van der Waals surface area contributed by atoms with Gasteiger partial charge in [0.15, 0.2) is 14.4 Å². The number of aliphatic hydroxyl groups excluding tert-OH is 1. The van der Waals surface area contributed by atoms with E-state index in [-0.39, 0.29) is 63.5 Å². The predicted octanol–water partition coefficient (Wildman–Crippen LogP) is 12.3. The Hall–Kier alpha value is -4.27. The van der Waals surface area contributed by atoms with E-state index in [1.807, 2.05) is 80.6 Å². The van der Waals surface area contributed by atoms with Crippen molar-refractivity contribution in [3.8, 4) is 5.75 Å². The van der Waals surface area contributed by atoms with Crippen molar-refractivity contribution in [3.05, 3.63) is 102 Å². The molecular formula is C64H98O16Si. The Labute approximate surface area is 484 Å². The fourth-order valence-corrected chi connectivity index (χ4v) is 14.4. The summed E-state index contributed by atoms with van der Waals surface area (Å²) in [4.78, 5) is 39.3. The summed E-state index contributed by atoms with van der Waals surface area (Å²) in [7, 11) is 2.36. The first kappa shape index (κ1) is 67.5. The molecule has 0 bridgehead atoms. The van der Waals surface area contributed by atoms with E-state index in [1.54, 1.807) is 14.0 Å². The normalized spacial score (nSPS) is 25.3. The second-order valence-corrected chi connectivity index (χ2v) is 27.7. The molecule has 81 heavy (non-hydrogen) atoms. The van der Waals surface area contributed by atoms with Crippen LogP contribution in [0.4, 0.5) is 0 Å². The van der Waals surface area contributed by atoms with Crippen molar-refractivity contribution in [1.29, 1.82) is 0 Å². The maximum atomic E-state index is 13.9. The molecule has 2 N–H and O–H groups in total. The highest BCUT2D eigenvalue weighted by Crippen LogP contribution is 2.49. The lowest BCUT2D eigenvalue weighted by molar-refractivity contribution is -0.338. The van der Waals surface area contributed by atoms with Crippen LogP contribution in [-0.2, 0) is 74.7 Å². The Morgan fingerprint density at radius 1 is 0.827 bits per heavy atom. The smallest absolute Gasteiger partial charge is 0.330 e. The van der Waals surface area contributed by atoms with E-state index < -0.39 is 74.1 Å². The van der Waals surface area contributed by atoms with Crippen LogP contribution < -0.4 is 4.74 Å². The molecule has 5 rings (SSSR count). The van der Waals surface area contributed by atoms with Gasteiger partial charge in [-0.05, 0) is 92.4 Å². The van der Waals surface area contributed by atoms with E-state index in [2.05, 4.69) is 34.3 Å². The number of aliphatic hydroxyl groups is 1. The summed E-state index contributed by atoms with van der Waals surface area (Å²) in [6.45, 7) is 19.5. The Kier molecular flexibility index (Phi) is 28.2. The number of ether oxygens (including phenoxy) is 10. The molecule has 0 aromatic heterocycles. The van der Waals surface area contributed by atoms with Crippen LogP contribution in [0.15, 0.2) is 90.6 Å². The number of carbonyl (C=O) groups is 3. The van der Waals surface area contributed by atoms with E-state index in [1.165, 1.54) is 20.3 Å². The molecule has 3 saturated heterocycles. The van der Waals surface area contributed by atoms with Gasteiger partial charge >= 0.3 is 17.9 Å². The Morgan fingerprint density at radius 3 is 2.17 bits per heavy atom. The summed E-state index contributed by atoms with van der Waals surface area (Å²) < 4.78 is 69.5. The highest BCUT2D eigenvalue weighted by molar-refractivity contribution is 6.73. The number of aliphatic carboxylic acids is 1. The summed E-state index contributed by atoms with van der Waals surface area (Å²) >= 11 is 0. The van der Waals surface area contributed by atoms with Crippen LogP contribution in [0.3, 0.4) is 0 Å². The number of rotatable bonds is 35. The van der Waals surface area contributed by atoms with Crippen molar-refractivity contribution >= 4 is 26.2 Å². The van der Waals surface area contributed by atoms with Crippen LogP contribution in [0, 0.1) is 5.41 Å². The standard InChI is InChI=1S/C64H98O16Si/c1-12-16-17-18-22-25-60(68)78-62-49(35-61(69)71-10)34-56(40-58(65)46(6)75-44-73-42-47-23-20-19-21-24-47)79-64(62,72-11)63(7,8)31-30-51-32-45(5)33-53(76-51)37-55-39-57(80-81(13-2,14-3)15-4)38-54(77-55)36-52(41-59(66)67)74-43-48-26-28-50(70-9)29-27-48/h19-21,23-24,26-31,35,46,51-58,62,65H,5,12-18,22,25,32-34,36-44H2,1-4,6-11H3,(H,66,67)/b31-30+,49-35+/t46-,51+,52-,53+,54-,55+,56+,57+,58-,62+,64-/m1/s1. The lowest BCUT2D eigenvalue weighted by Gasteiger charge is -2.53. The van der Waals surface area contributed by atoms with Crippen LogP contribution in [0.25, 0.3) is 0 Å². The minimum absolute atomic E-state index is 0.0435.